The number of unbranched alkanes of at least 4 members (excludes halogenated alkanes) is 7. The summed E-state index contributed by atoms with van der Waals surface area (Å²) in [7, 11) is 0. The summed E-state index contributed by atoms with van der Waals surface area (Å²) in [6.07, 6.45) is 17.9. The topological polar surface area (TPSA) is 21.8 Å². The fourth-order valence-corrected chi connectivity index (χ4v) is 2.89. The molecular weight excluding hydrogens is 296 g/mol. The van der Waals surface area contributed by atoms with Gasteiger partial charge >= 0.3 is 0 Å². The van der Waals surface area contributed by atoms with Gasteiger partial charge in [-0.1, -0.05) is 69.4 Å². The second-order valence-corrected chi connectivity index (χ2v) is 6.79. The van der Waals surface area contributed by atoms with Crippen molar-refractivity contribution < 1.29 is 9.47 Å². The smallest absolute Gasteiger partial charge is 0.122 e. The number of benzene rings is 1. The normalized spacial score (nSPS) is 16.6. The number of allylic oxidation sites excluding steroid dienone is 2. The van der Waals surface area contributed by atoms with E-state index in [2.05, 4.69) is 43.3 Å². The summed E-state index contributed by atoms with van der Waals surface area (Å²) in [6, 6.07) is 8.46. The molecule has 2 heteroatoms. The molecule has 0 radical (unpaired) electrons. The monoisotopic (exact) mass is 330 g/mol. The summed E-state index contributed by atoms with van der Waals surface area (Å²) in [5.41, 5.74) is 1.35. The lowest BCUT2D eigenvalue weighted by atomic mass is 10.0. The number of ether oxygens (including phenoxy) is 2. The molecule has 0 saturated carbocycles. The second-order valence-electron chi connectivity index (χ2n) is 6.79. The van der Waals surface area contributed by atoms with E-state index in [1.807, 2.05) is 0 Å². The van der Waals surface area contributed by atoms with Crippen molar-refractivity contribution in [3.05, 3.63) is 42.0 Å². The molecule has 2 nitrogen and oxygen atoms in total. The van der Waals surface area contributed by atoms with E-state index >= 15 is 0 Å². The van der Waals surface area contributed by atoms with E-state index in [4.69, 9.17) is 9.47 Å². The van der Waals surface area contributed by atoms with E-state index in [-0.39, 0.29) is 0 Å². The number of epoxide rings is 1. The first-order valence-electron chi connectivity index (χ1n) is 9.87. The Balaban J connectivity index is 1.49. The average molecular weight is 331 g/mol. The van der Waals surface area contributed by atoms with Crippen molar-refractivity contribution in [1.29, 1.82) is 0 Å². The van der Waals surface area contributed by atoms with E-state index < -0.39 is 0 Å². The highest BCUT2D eigenvalue weighted by atomic mass is 16.6. The maximum Gasteiger partial charge on any atom is 0.122 e. The molecule has 1 heterocycles. The van der Waals surface area contributed by atoms with Crippen LogP contribution in [-0.2, 0) is 11.2 Å². The quantitative estimate of drug-likeness (QED) is 0.234. The van der Waals surface area contributed by atoms with Crippen molar-refractivity contribution in [2.24, 2.45) is 0 Å². The van der Waals surface area contributed by atoms with Gasteiger partial charge in [0.1, 0.15) is 18.5 Å². The number of hydrogen-bond acceptors (Lipinski definition) is 2. The Morgan fingerprint density at radius 2 is 1.71 bits per heavy atom. The predicted octanol–water partition coefficient (Wildman–Crippen LogP) is 6.09. The molecule has 0 aromatic heterocycles. The van der Waals surface area contributed by atoms with Crippen LogP contribution in [0.25, 0.3) is 0 Å². The zero-order valence-electron chi connectivity index (χ0n) is 15.3. The molecule has 0 bridgehead atoms. The number of hydrogen-bond donors (Lipinski definition) is 0. The molecule has 2 rings (SSSR count). The Hall–Kier alpha value is -1.28. The van der Waals surface area contributed by atoms with Crippen LogP contribution in [0.1, 0.15) is 70.3 Å². The lowest BCUT2D eigenvalue weighted by molar-refractivity contribution is 0.261. The van der Waals surface area contributed by atoms with E-state index in [9.17, 15) is 0 Å². The summed E-state index contributed by atoms with van der Waals surface area (Å²) in [6.45, 7) is 3.79. The zero-order chi connectivity index (χ0) is 16.9. The molecule has 24 heavy (non-hydrogen) atoms. The molecule has 1 aromatic carbocycles. The SMILES string of the molecule is CCC/C=C/CCCCCCCCc1ccccc1OCC1CO1. The predicted molar refractivity (Wildman–Crippen MR) is 102 cm³/mol. The maximum atomic E-state index is 5.88. The highest BCUT2D eigenvalue weighted by Crippen LogP contribution is 2.22. The summed E-state index contributed by atoms with van der Waals surface area (Å²) >= 11 is 0. The fourth-order valence-electron chi connectivity index (χ4n) is 2.89. The number of rotatable bonds is 14. The van der Waals surface area contributed by atoms with E-state index in [1.54, 1.807) is 0 Å². The van der Waals surface area contributed by atoms with Gasteiger partial charge in [-0.15, -0.1) is 0 Å². The van der Waals surface area contributed by atoms with Gasteiger partial charge in [-0.25, -0.2) is 0 Å². The average Bonchev–Trinajstić information content (AvgIpc) is 3.43. The molecule has 1 aliphatic heterocycles. The van der Waals surface area contributed by atoms with Crippen molar-refractivity contribution in [2.45, 2.75) is 77.2 Å². The highest BCUT2D eigenvalue weighted by Gasteiger charge is 2.23. The Labute approximate surface area is 148 Å². The van der Waals surface area contributed by atoms with Gasteiger partial charge in [-0.3, -0.25) is 0 Å². The first kappa shape index (κ1) is 19.1. The van der Waals surface area contributed by atoms with Crippen LogP contribution in [0.3, 0.4) is 0 Å². The molecule has 1 aromatic rings. The van der Waals surface area contributed by atoms with Crippen molar-refractivity contribution in [2.75, 3.05) is 13.2 Å². The van der Waals surface area contributed by atoms with E-state index in [0.717, 1.165) is 18.8 Å². The first-order valence-corrected chi connectivity index (χ1v) is 9.87. The van der Waals surface area contributed by atoms with Gasteiger partial charge in [0.15, 0.2) is 0 Å². The first-order chi connectivity index (χ1) is 11.9. The van der Waals surface area contributed by atoms with Crippen molar-refractivity contribution in [3.63, 3.8) is 0 Å². The van der Waals surface area contributed by atoms with Crippen LogP contribution in [-0.4, -0.2) is 19.3 Å². The van der Waals surface area contributed by atoms with Gasteiger partial charge < -0.3 is 9.47 Å². The van der Waals surface area contributed by atoms with Gasteiger partial charge in [0, 0.05) is 0 Å². The third-order valence-corrected chi connectivity index (χ3v) is 4.49. The summed E-state index contributed by atoms with van der Waals surface area (Å²) in [5, 5.41) is 0. The molecule has 1 aliphatic rings. The molecular formula is C22H34O2. The van der Waals surface area contributed by atoms with Crippen LogP contribution >= 0.6 is 0 Å². The number of para-hydroxylation sites is 1. The van der Waals surface area contributed by atoms with Crippen molar-refractivity contribution in [1.82, 2.24) is 0 Å². The molecule has 0 spiro atoms. The van der Waals surface area contributed by atoms with Crippen molar-refractivity contribution in [3.8, 4) is 5.75 Å². The summed E-state index contributed by atoms with van der Waals surface area (Å²) in [5.74, 6) is 1.05. The van der Waals surface area contributed by atoms with E-state index in [0.29, 0.717) is 12.7 Å². The molecule has 1 fully saturated rings. The molecule has 134 valence electrons. The third-order valence-electron chi connectivity index (χ3n) is 4.49. The largest absolute Gasteiger partial charge is 0.491 e. The highest BCUT2D eigenvalue weighted by molar-refractivity contribution is 5.33. The molecule has 0 aliphatic carbocycles. The van der Waals surface area contributed by atoms with Crippen LogP contribution in [0.15, 0.2) is 36.4 Å². The van der Waals surface area contributed by atoms with Crippen LogP contribution in [0.4, 0.5) is 0 Å². The van der Waals surface area contributed by atoms with Gasteiger partial charge in [-0.2, -0.15) is 0 Å². The fraction of sp³-hybridized carbons (Fsp3) is 0.636. The van der Waals surface area contributed by atoms with Crippen LogP contribution < -0.4 is 4.74 Å². The Kier molecular flexibility index (Phi) is 9.63. The molecule has 1 atom stereocenters. The zero-order valence-corrected chi connectivity index (χ0v) is 15.3. The van der Waals surface area contributed by atoms with E-state index in [1.165, 1.54) is 63.4 Å². The Morgan fingerprint density at radius 1 is 1.00 bits per heavy atom. The standard InChI is InChI=1S/C22H34O2/c1-2-3-4-5-6-7-8-9-10-11-12-15-20-16-13-14-17-22(20)24-19-21-18-23-21/h4-5,13-14,16-17,21H,2-3,6-12,15,18-19H2,1H3/b5-4+. The third kappa shape index (κ3) is 8.54. The van der Waals surface area contributed by atoms with Crippen LogP contribution in [0.2, 0.25) is 0 Å². The Bertz CT molecular complexity index is 463. The summed E-state index contributed by atoms with van der Waals surface area (Å²) in [4.78, 5) is 0. The van der Waals surface area contributed by atoms with Gasteiger partial charge in [0.05, 0.1) is 6.61 Å². The lowest BCUT2D eigenvalue weighted by Gasteiger charge is -2.10. The minimum absolute atomic E-state index is 0.329. The van der Waals surface area contributed by atoms with Gasteiger partial charge in [0.25, 0.3) is 0 Å². The molecule has 0 amide bonds. The molecule has 1 unspecified atom stereocenters. The van der Waals surface area contributed by atoms with Crippen molar-refractivity contribution >= 4 is 0 Å². The maximum absolute atomic E-state index is 5.88. The van der Waals surface area contributed by atoms with Gasteiger partial charge in [-0.05, 0) is 43.7 Å². The second kappa shape index (κ2) is 12.1. The molecule has 1 saturated heterocycles. The number of aryl methyl sites for hydroxylation is 1. The lowest BCUT2D eigenvalue weighted by Crippen LogP contribution is -2.05. The van der Waals surface area contributed by atoms with Gasteiger partial charge in [0.2, 0.25) is 0 Å². The van der Waals surface area contributed by atoms with Crippen LogP contribution in [0.5, 0.6) is 5.75 Å². The minimum Gasteiger partial charge on any atom is -0.491 e. The van der Waals surface area contributed by atoms with Crippen LogP contribution in [0, 0.1) is 0 Å². The minimum atomic E-state index is 0.329. The summed E-state index contributed by atoms with van der Waals surface area (Å²) < 4.78 is 11.1. The molecule has 0 N–H and O–H groups in total. The Morgan fingerprint density at radius 3 is 2.50 bits per heavy atom.